The molecule has 0 aliphatic heterocycles. The van der Waals surface area contributed by atoms with Gasteiger partial charge in [-0.2, -0.15) is 0 Å². The van der Waals surface area contributed by atoms with Gasteiger partial charge in [0.25, 0.3) is 3.79 Å². The lowest BCUT2D eigenvalue weighted by Gasteiger charge is -2.06. The lowest BCUT2D eigenvalue weighted by Crippen LogP contribution is -2.20. The van der Waals surface area contributed by atoms with Crippen molar-refractivity contribution >= 4 is 52.2 Å². The van der Waals surface area contributed by atoms with Gasteiger partial charge in [-0.25, -0.2) is 0 Å². The molecule has 0 spiro atoms. The first kappa shape index (κ1) is 14.6. The Bertz CT molecular complexity index is 301. The Morgan fingerprint density at radius 3 is 1.73 bits per heavy atom. The fourth-order valence-corrected chi connectivity index (χ4v) is 1.02. The molecular formula is C9H9Cl3O3. The van der Waals surface area contributed by atoms with Crippen molar-refractivity contribution in [3.05, 3.63) is 12.2 Å². The normalized spacial score (nSPS) is 12.1. The average Bonchev–Trinajstić information content (AvgIpc) is 2.00. The first-order chi connectivity index (χ1) is 6.66. The van der Waals surface area contributed by atoms with E-state index in [9.17, 15) is 14.4 Å². The highest BCUT2D eigenvalue weighted by atomic mass is 35.6. The number of Topliss-reactive ketones (excluding diaryl/α,β-unsaturated/α-hetero) is 2. The highest BCUT2D eigenvalue weighted by Gasteiger charge is 2.28. The number of carbonyl (C=O) groups is 3. The van der Waals surface area contributed by atoms with Crippen LogP contribution in [-0.4, -0.2) is 21.1 Å². The molecule has 15 heavy (non-hydrogen) atoms. The van der Waals surface area contributed by atoms with Gasteiger partial charge >= 0.3 is 0 Å². The second kappa shape index (κ2) is 5.64. The van der Waals surface area contributed by atoms with Crippen molar-refractivity contribution in [3.63, 3.8) is 0 Å². The van der Waals surface area contributed by atoms with E-state index in [-0.39, 0.29) is 11.6 Å². The van der Waals surface area contributed by atoms with Crippen LogP contribution in [0.15, 0.2) is 12.2 Å². The summed E-state index contributed by atoms with van der Waals surface area (Å²) >= 11 is 15.9. The Balaban J connectivity index is 4.70. The van der Waals surface area contributed by atoms with Crippen LogP contribution in [0.1, 0.15) is 13.8 Å². The third kappa shape index (κ3) is 5.30. The zero-order valence-electron chi connectivity index (χ0n) is 8.09. The van der Waals surface area contributed by atoms with Crippen LogP contribution in [0.2, 0.25) is 0 Å². The monoisotopic (exact) mass is 270 g/mol. The molecule has 3 nitrogen and oxygen atoms in total. The lowest BCUT2D eigenvalue weighted by atomic mass is 10.0. The molecule has 0 radical (unpaired) electrons. The minimum Gasteiger partial charge on any atom is -0.299 e. The number of hydrogen-bond donors (Lipinski definition) is 0. The van der Waals surface area contributed by atoms with Gasteiger partial charge in [-0.15, -0.1) is 0 Å². The van der Waals surface area contributed by atoms with Crippen molar-refractivity contribution in [2.45, 2.75) is 17.6 Å². The van der Waals surface area contributed by atoms with E-state index in [0.29, 0.717) is 0 Å². The van der Waals surface area contributed by atoms with Crippen LogP contribution >= 0.6 is 34.8 Å². The van der Waals surface area contributed by atoms with Crippen molar-refractivity contribution in [2.24, 2.45) is 5.92 Å². The highest BCUT2D eigenvalue weighted by Crippen LogP contribution is 2.27. The number of alkyl halides is 3. The Hall–Kier alpha value is -0.380. The van der Waals surface area contributed by atoms with Gasteiger partial charge in [-0.3, -0.25) is 14.4 Å². The Kier molecular flexibility index (Phi) is 5.49. The number of allylic oxidation sites excluding steroid dienone is 2. The second-order valence-corrected chi connectivity index (χ2v) is 5.20. The summed E-state index contributed by atoms with van der Waals surface area (Å²) in [5.74, 6) is -2.48. The Labute approximate surface area is 102 Å². The summed E-state index contributed by atoms with van der Waals surface area (Å²) in [5, 5.41) is 0. The highest BCUT2D eigenvalue weighted by molar-refractivity contribution is 6.77. The van der Waals surface area contributed by atoms with E-state index in [1.165, 1.54) is 13.8 Å². The van der Waals surface area contributed by atoms with E-state index < -0.39 is 15.5 Å². The third-order valence-electron chi connectivity index (χ3n) is 1.60. The van der Waals surface area contributed by atoms with Crippen molar-refractivity contribution in [1.82, 2.24) is 0 Å². The summed E-state index contributed by atoms with van der Waals surface area (Å²) in [6.07, 6.45) is 2.06. The maximum atomic E-state index is 11.1. The summed E-state index contributed by atoms with van der Waals surface area (Å²) in [4.78, 5) is 33.0. The van der Waals surface area contributed by atoms with Crippen LogP contribution in [0.25, 0.3) is 0 Å². The fraction of sp³-hybridized carbons (Fsp3) is 0.444. The van der Waals surface area contributed by atoms with Crippen molar-refractivity contribution in [1.29, 1.82) is 0 Å². The van der Waals surface area contributed by atoms with Gasteiger partial charge in [-0.05, 0) is 19.9 Å². The number of hydrogen-bond acceptors (Lipinski definition) is 3. The fourth-order valence-electron chi connectivity index (χ4n) is 0.835. The standard InChI is InChI=1S/C9H9Cl3O3/c1-5(13)7(6(2)14)3-4-8(15)9(10,11)12/h3-4,7H,1-2H3/b4-3+. The molecule has 0 aromatic rings. The van der Waals surface area contributed by atoms with Crippen LogP contribution in [0.4, 0.5) is 0 Å². The second-order valence-electron chi connectivity index (χ2n) is 2.92. The molecule has 0 aromatic heterocycles. The van der Waals surface area contributed by atoms with Crippen molar-refractivity contribution < 1.29 is 14.4 Å². The predicted molar refractivity (Wildman–Crippen MR) is 59.3 cm³/mol. The predicted octanol–water partition coefficient (Wildman–Crippen LogP) is 2.28. The number of halogens is 3. The maximum absolute atomic E-state index is 11.1. The molecule has 0 bridgehead atoms. The molecule has 0 fully saturated rings. The minimum absolute atomic E-state index is 0.365. The van der Waals surface area contributed by atoms with E-state index >= 15 is 0 Å². The molecule has 0 amide bonds. The number of carbonyl (C=O) groups excluding carboxylic acids is 3. The topological polar surface area (TPSA) is 51.2 Å². The molecular weight excluding hydrogens is 262 g/mol. The van der Waals surface area contributed by atoms with Gasteiger partial charge in [0.1, 0.15) is 11.6 Å². The molecule has 0 rings (SSSR count). The number of ketones is 3. The first-order valence-corrected chi connectivity index (χ1v) is 5.10. The van der Waals surface area contributed by atoms with Crippen LogP contribution < -0.4 is 0 Å². The Morgan fingerprint density at radius 2 is 1.47 bits per heavy atom. The molecule has 6 heteroatoms. The summed E-state index contributed by atoms with van der Waals surface area (Å²) in [6, 6.07) is 0. The van der Waals surface area contributed by atoms with Gasteiger partial charge in [0.15, 0.2) is 0 Å². The molecule has 0 saturated carbocycles. The first-order valence-electron chi connectivity index (χ1n) is 3.96. The summed E-state index contributed by atoms with van der Waals surface area (Å²) in [7, 11) is 0. The van der Waals surface area contributed by atoms with E-state index in [0.717, 1.165) is 12.2 Å². The lowest BCUT2D eigenvalue weighted by molar-refractivity contribution is -0.128. The SMILES string of the molecule is CC(=O)C(/C=C/C(=O)C(Cl)(Cl)Cl)C(C)=O. The molecule has 0 aliphatic carbocycles. The quantitative estimate of drug-likeness (QED) is 0.448. The zero-order valence-corrected chi connectivity index (χ0v) is 10.4. The van der Waals surface area contributed by atoms with Gasteiger partial charge in [0.2, 0.25) is 5.78 Å². The summed E-state index contributed by atoms with van der Waals surface area (Å²) in [5.41, 5.74) is 0. The van der Waals surface area contributed by atoms with Crippen molar-refractivity contribution in [3.8, 4) is 0 Å². The Morgan fingerprint density at radius 1 is 1.07 bits per heavy atom. The largest absolute Gasteiger partial charge is 0.299 e. The molecule has 0 N–H and O–H groups in total. The smallest absolute Gasteiger partial charge is 0.252 e. The summed E-state index contributed by atoms with van der Waals surface area (Å²) in [6.45, 7) is 2.49. The third-order valence-corrected chi connectivity index (χ3v) is 2.15. The van der Waals surface area contributed by atoms with Gasteiger partial charge < -0.3 is 0 Å². The van der Waals surface area contributed by atoms with E-state index in [4.69, 9.17) is 34.8 Å². The summed E-state index contributed by atoms with van der Waals surface area (Å²) < 4.78 is -2.06. The molecule has 0 aliphatic rings. The number of rotatable bonds is 4. The van der Waals surface area contributed by atoms with Gasteiger partial charge in [0, 0.05) is 0 Å². The van der Waals surface area contributed by atoms with E-state index in [1.807, 2.05) is 0 Å². The molecule has 0 unspecified atom stereocenters. The minimum atomic E-state index is -2.06. The van der Waals surface area contributed by atoms with Crippen molar-refractivity contribution in [2.75, 3.05) is 0 Å². The van der Waals surface area contributed by atoms with Crippen LogP contribution in [0.5, 0.6) is 0 Å². The van der Waals surface area contributed by atoms with Crippen LogP contribution in [0.3, 0.4) is 0 Å². The zero-order chi connectivity index (χ0) is 12.2. The molecule has 0 heterocycles. The molecule has 0 saturated heterocycles. The maximum Gasteiger partial charge on any atom is 0.252 e. The van der Waals surface area contributed by atoms with Crippen LogP contribution in [-0.2, 0) is 14.4 Å². The van der Waals surface area contributed by atoms with E-state index in [2.05, 4.69) is 0 Å². The van der Waals surface area contributed by atoms with Gasteiger partial charge in [-0.1, -0.05) is 40.9 Å². The van der Waals surface area contributed by atoms with Gasteiger partial charge in [0.05, 0.1) is 5.92 Å². The van der Waals surface area contributed by atoms with E-state index in [1.54, 1.807) is 0 Å². The average molecular weight is 272 g/mol. The van der Waals surface area contributed by atoms with Crippen LogP contribution in [0, 0.1) is 5.92 Å². The molecule has 84 valence electrons. The molecule has 0 aromatic carbocycles. The molecule has 0 atom stereocenters.